The van der Waals surface area contributed by atoms with E-state index < -0.39 is 5.60 Å². The highest BCUT2D eigenvalue weighted by atomic mass is 16.5. The van der Waals surface area contributed by atoms with Crippen molar-refractivity contribution >= 4 is 0 Å². The van der Waals surface area contributed by atoms with Crippen molar-refractivity contribution in [1.29, 1.82) is 0 Å². The number of ether oxygens (including phenoxy) is 1. The summed E-state index contributed by atoms with van der Waals surface area (Å²) < 4.78 is 5.16. The summed E-state index contributed by atoms with van der Waals surface area (Å²) in [5.74, 6) is 0. The van der Waals surface area contributed by atoms with Crippen molar-refractivity contribution in [3.05, 3.63) is 0 Å². The first-order valence-electron chi connectivity index (χ1n) is 4.88. The van der Waals surface area contributed by atoms with E-state index in [4.69, 9.17) is 9.84 Å². The number of nitrogens with one attached hydrogen (secondary N) is 1. The van der Waals surface area contributed by atoms with Crippen LogP contribution < -0.4 is 5.32 Å². The third kappa shape index (κ3) is 4.04. The van der Waals surface area contributed by atoms with Gasteiger partial charge in [-0.25, -0.2) is 0 Å². The molecule has 0 amide bonds. The molecule has 0 saturated carbocycles. The summed E-state index contributed by atoms with van der Waals surface area (Å²) >= 11 is 0. The van der Waals surface area contributed by atoms with E-state index in [9.17, 15) is 5.11 Å². The summed E-state index contributed by atoms with van der Waals surface area (Å²) in [4.78, 5) is 0. The molecule has 0 bridgehead atoms. The molecule has 0 aliphatic carbocycles. The number of rotatable bonds is 5. The van der Waals surface area contributed by atoms with Crippen molar-refractivity contribution in [2.75, 3.05) is 32.9 Å². The first kappa shape index (κ1) is 10.9. The van der Waals surface area contributed by atoms with Gasteiger partial charge in [0.1, 0.15) is 0 Å². The predicted octanol–water partition coefficient (Wildman–Crippen LogP) is -0.500. The lowest BCUT2D eigenvalue weighted by Gasteiger charge is -2.32. The molecule has 78 valence electrons. The molecule has 0 radical (unpaired) electrons. The van der Waals surface area contributed by atoms with E-state index in [1.807, 2.05) is 0 Å². The van der Waals surface area contributed by atoms with E-state index in [-0.39, 0.29) is 6.61 Å². The monoisotopic (exact) mass is 189 g/mol. The lowest BCUT2D eigenvalue weighted by molar-refractivity contribution is -0.0615. The Bertz CT molecular complexity index is 135. The number of hydrogen-bond donors (Lipinski definition) is 3. The normalized spacial score (nSPS) is 21.7. The van der Waals surface area contributed by atoms with Crippen molar-refractivity contribution < 1.29 is 14.9 Å². The first-order chi connectivity index (χ1) is 6.27. The molecule has 3 N–H and O–H groups in total. The number of hydrogen-bond acceptors (Lipinski definition) is 4. The smallest absolute Gasteiger partial charge is 0.0815 e. The zero-order valence-corrected chi connectivity index (χ0v) is 7.96. The van der Waals surface area contributed by atoms with Gasteiger partial charge in [0.05, 0.1) is 5.60 Å². The summed E-state index contributed by atoms with van der Waals surface area (Å²) in [5.41, 5.74) is -0.590. The molecule has 0 unspecified atom stereocenters. The molecule has 0 aromatic rings. The quantitative estimate of drug-likeness (QED) is 0.510. The molecular formula is C9H19NO3. The molecule has 0 atom stereocenters. The van der Waals surface area contributed by atoms with Gasteiger partial charge in [0.25, 0.3) is 0 Å². The lowest BCUT2D eigenvalue weighted by atomic mass is 9.94. The van der Waals surface area contributed by atoms with Crippen LogP contribution in [-0.2, 0) is 4.74 Å². The second-order valence-corrected chi connectivity index (χ2v) is 3.59. The fraction of sp³-hybridized carbons (Fsp3) is 1.00. The van der Waals surface area contributed by atoms with Gasteiger partial charge in [-0.3, -0.25) is 0 Å². The van der Waals surface area contributed by atoms with Crippen molar-refractivity contribution in [3.63, 3.8) is 0 Å². The maximum absolute atomic E-state index is 9.97. The highest BCUT2D eigenvalue weighted by Gasteiger charge is 2.28. The largest absolute Gasteiger partial charge is 0.396 e. The van der Waals surface area contributed by atoms with Crippen molar-refractivity contribution in [1.82, 2.24) is 5.32 Å². The molecule has 1 aliphatic rings. The van der Waals surface area contributed by atoms with E-state index in [1.165, 1.54) is 0 Å². The van der Waals surface area contributed by atoms with Crippen LogP contribution in [0.3, 0.4) is 0 Å². The summed E-state index contributed by atoms with van der Waals surface area (Å²) in [7, 11) is 0. The van der Waals surface area contributed by atoms with Crippen LogP contribution in [0.2, 0.25) is 0 Å². The second kappa shape index (κ2) is 5.54. The van der Waals surface area contributed by atoms with Gasteiger partial charge in [-0.15, -0.1) is 0 Å². The highest BCUT2D eigenvalue weighted by Crippen LogP contribution is 2.18. The Labute approximate surface area is 78.9 Å². The lowest BCUT2D eigenvalue weighted by Crippen LogP contribution is -2.45. The average Bonchev–Trinajstić information content (AvgIpc) is 2.14. The van der Waals surface area contributed by atoms with E-state index in [0.29, 0.717) is 32.6 Å². The molecule has 4 heteroatoms. The van der Waals surface area contributed by atoms with Crippen molar-refractivity contribution in [3.8, 4) is 0 Å². The Balaban J connectivity index is 2.10. The Morgan fingerprint density at radius 3 is 2.62 bits per heavy atom. The molecule has 13 heavy (non-hydrogen) atoms. The van der Waals surface area contributed by atoms with Gasteiger partial charge in [0.2, 0.25) is 0 Å². The van der Waals surface area contributed by atoms with Gasteiger partial charge in [-0.1, -0.05) is 0 Å². The molecule has 0 aromatic heterocycles. The Morgan fingerprint density at radius 2 is 2.00 bits per heavy atom. The van der Waals surface area contributed by atoms with Crippen molar-refractivity contribution in [2.45, 2.75) is 24.9 Å². The average molecular weight is 189 g/mol. The molecule has 1 saturated heterocycles. The van der Waals surface area contributed by atoms with E-state index in [0.717, 1.165) is 13.0 Å². The zero-order chi connectivity index (χ0) is 9.57. The van der Waals surface area contributed by atoms with Gasteiger partial charge in [0.15, 0.2) is 0 Å². The molecule has 0 aromatic carbocycles. The van der Waals surface area contributed by atoms with Crippen LogP contribution in [0.5, 0.6) is 0 Å². The zero-order valence-electron chi connectivity index (χ0n) is 7.96. The maximum Gasteiger partial charge on any atom is 0.0815 e. The highest BCUT2D eigenvalue weighted by molar-refractivity contribution is 4.83. The molecule has 0 spiro atoms. The van der Waals surface area contributed by atoms with Crippen LogP contribution in [0.1, 0.15) is 19.3 Å². The predicted molar refractivity (Wildman–Crippen MR) is 49.6 cm³/mol. The van der Waals surface area contributed by atoms with Gasteiger partial charge in [0, 0.05) is 39.2 Å². The fourth-order valence-corrected chi connectivity index (χ4v) is 1.45. The summed E-state index contributed by atoms with van der Waals surface area (Å²) in [6.07, 6.45) is 2.16. The Hall–Kier alpha value is -0.160. The molecular weight excluding hydrogens is 170 g/mol. The van der Waals surface area contributed by atoms with Crippen LogP contribution >= 0.6 is 0 Å². The summed E-state index contributed by atoms with van der Waals surface area (Å²) in [5, 5.41) is 21.6. The molecule has 1 heterocycles. The SMILES string of the molecule is OCCCNCC1(O)CCOCC1. The van der Waals surface area contributed by atoms with E-state index in [1.54, 1.807) is 0 Å². The number of aliphatic hydroxyl groups is 2. The van der Waals surface area contributed by atoms with E-state index in [2.05, 4.69) is 5.32 Å². The summed E-state index contributed by atoms with van der Waals surface area (Å²) in [6.45, 7) is 2.88. The molecule has 1 aliphatic heterocycles. The second-order valence-electron chi connectivity index (χ2n) is 3.59. The number of aliphatic hydroxyl groups excluding tert-OH is 1. The minimum Gasteiger partial charge on any atom is -0.396 e. The van der Waals surface area contributed by atoms with Crippen LogP contribution in [0.25, 0.3) is 0 Å². The van der Waals surface area contributed by atoms with Crippen molar-refractivity contribution in [2.24, 2.45) is 0 Å². The molecule has 1 fully saturated rings. The minimum absolute atomic E-state index is 0.203. The minimum atomic E-state index is -0.590. The van der Waals surface area contributed by atoms with Crippen LogP contribution in [0.15, 0.2) is 0 Å². The van der Waals surface area contributed by atoms with Crippen LogP contribution in [0, 0.1) is 0 Å². The third-order valence-corrected chi connectivity index (χ3v) is 2.39. The third-order valence-electron chi connectivity index (χ3n) is 2.39. The van der Waals surface area contributed by atoms with Gasteiger partial charge in [-0.05, 0) is 13.0 Å². The Kier molecular flexibility index (Phi) is 4.66. The maximum atomic E-state index is 9.97. The standard InChI is InChI=1S/C9H19NO3/c11-5-1-4-10-8-9(12)2-6-13-7-3-9/h10-12H,1-8H2. The fourth-order valence-electron chi connectivity index (χ4n) is 1.45. The van der Waals surface area contributed by atoms with Gasteiger partial charge in [-0.2, -0.15) is 0 Å². The van der Waals surface area contributed by atoms with Gasteiger partial charge >= 0.3 is 0 Å². The molecule has 1 rings (SSSR count). The first-order valence-corrected chi connectivity index (χ1v) is 4.88. The topological polar surface area (TPSA) is 61.7 Å². The van der Waals surface area contributed by atoms with Crippen LogP contribution in [0.4, 0.5) is 0 Å². The molecule has 4 nitrogen and oxygen atoms in total. The Morgan fingerprint density at radius 1 is 1.31 bits per heavy atom. The van der Waals surface area contributed by atoms with Gasteiger partial charge < -0.3 is 20.3 Å². The van der Waals surface area contributed by atoms with E-state index >= 15 is 0 Å². The summed E-state index contributed by atoms with van der Waals surface area (Å²) in [6, 6.07) is 0. The van der Waals surface area contributed by atoms with Crippen LogP contribution in [-0.4, -0.2) is 48.7 Å².